The van der Waals surface area contributed by atoms with Gasteiger partial charge in [-0.05, 0) is 135 Å². The lowest BCUT2D eigenvalue weighted by Crippen LogP contribution is -2.60. The number of aryl methyl sites for hydroxylation is 1. The summed E-state index contributed by atoms with van der Waals surface area (Å²) in [4.78, 5) is 5.24. The molecule has 0 unspecified atom stereocenters. The highest BCUT2D eigenvalue weighted by molar-refractivity contribution is 7.33. The van der Waals surface area contributed by atoms with Crippen LogP contribution in [0.2, 0.25) is 19.6 Å². The molecule has 0 amide bonds. The van der Waals surface area contributed by atoms with Gasteiger partial charge in [0.15, 0.2) is 0 Å². The third-order valence-corrected chi connectivity index (χ3v) is 16.9. The van der Waals surface area contributed by atoms with E-state index in [1.807, 2.05) is 11.3 Å². The molecule has 0 saturated carbocycles. The summed E-state index contributed by atoms with van der Waals surface area (Å²) < 4.78 is 2.87. The second-order valence-corrected chi connectivity index (χ2v) is 28.1. The lowest BCUT2D eigenvalue weighted by molar-refractivity contribution is 0.332. The fourth-order valence-corrected chi connectivity index (χ4v) is 12.4. The zero-order valence-electron chi connectivity index (χ0n) is 37.0. The van der Waals surface area contributed by atoms with Crippen LogP contribution < -0.4 is 30.7 Å². The normalized spacial score (nSPS) is 17.0. The van der Waals surface area contributed by atoms with Crippen LogP contribution in [0, 0.1) is 6.92 Å². The van der Waals surface area contributed by atoms with E-state index in [9.17, 15) is 0 Å². The second-order valence-electron chi connectivity index (χ2n) is 21.9. The van der Waals surface area contributed by atoms with Crippen LogP contribution in [0.5, 0.6) is 0 Å². The van der Waals surface area contributed by atoms with Crippen LogP contribution in [0.25, 0.3) is 10.1 Å². The average Bonchev–Trinajstić information content (AvgIpc) is 3.50. The summed E-state index contributed by atoms with van der Waals surface area (Å²) in [6, 6.07) is 36.6. The number of thiophene rings is 1. The molecule has 0 fully saturated rings. The van der Waals surface area contributed by atoms with Crippen molar-refractivity contribution in [2.45, 2.75) is 130 Å². The average molecular weight is 785 g/mol. The van der Waals surface area contributed by atoms with Gasteiger partial charge in [0.2, 0.25) is 0 Å². The lowest BCUT2D eigenvalue weighted by Gasteiger charge is -2.44. The van der Waals surface area contributed by atoms with Gasteiger partial charge in [0.05, 0.1) is 13.8 Å². The molecular weight excluding hydrogens is 724 g/mol. The maximum absolute atomic E-state index is 2.66. The van der Waals surface area contributed by atoms with Gasteiger partial charge in [-0.3, -0.25) is 0 Å². The van der Waals surface area contributed by atoms with E-state index in [0.717, 1.165) is 0 Å². The molecular formula is C52H61BN2SSi. The molecule has 3 heterocycles. The minimum Gasteiger partial charge on any atom is -0.311 e. The summed E-state index contributed by atoms with van der Waals surface area (Å²) in [5.41, 5.74) is 18.0. The van der Waals surface area contributed by atoms with Crippen LogP contribution in [0.1, 0.15) is 110 Å². The molecule has 0 bridgehead atoms. The minimum absolute atomic E-state index is 0.0165. The van der Waals surface area contributed by atoms with E-state index in [2.05, 4.69) is 197 Å². The molecule has 0 saturated heterocycles. The van der Waals surface area contributed by atoms with Gasteiger partial charge in [-0.2, -0.15) is 0 Å². The van der Waals surface area contributed by atoms with Crippen molar-refractivity contribution in [3.8, 4) is 0 Å². The highest BCUT2D eigenvalue weighted by Gasteiger charge is 2.47. The second kappa shape index (κ2) is 12.5. The van der Waals surface area contributed by atoms with Crippen LogP contribution in [-0.2, 0) is 21.7 Å². The van der Waals surface area contributed by atoms with Crippen LogP contribution in [0.3, 0.4) is 0 Å². The molecule has 5 heteroatoms. The maximum atomic E-state index is 2.66. The molecule has 6 aromatic rings. The van der Waals surface area contributed by atoms with Gasteiger partial charge in [-0.25, -0.2) is 0 Å². The first-order chi connectivity index (χ1) is 26.5. The molecule has 1 aliphatic carbocycles. The Morgan fingerprint density at radius 1 is 0.614 bits per heavy atom. The van der Waals surface area contributed by atoms with Gasteiger partial charge < -0.3 is 9.80 Å². The Bertz CT molecular complexity index is 2590. The SMILES string of the molecule is Cc1cc2c3c(c1)N(c1ccc([Si](C)(C)C)cc1)c1c(sc4cc5c(cc14)C(C)(C)CCC5(C)C)B3c1cc(C(C)(C)C)ccc1N2c1ccc(C(C)(C)C)cc1. The van der Waals surface area contributed by atoms with Crippen molar-refractivity contribution < 1.29 is 0 Å². The van der Waals surface area contributed by atoms with Crippen LogP contribution in [0.15, 0.2) is 91.0 Å². The van der Waals surface area contributed by atoms with Gasteiger partial charge in [-0.15, -0.1) is 11.3 Å². The Labute approximate surface area is 348 Å². The van der Waals surface area contributed by atoms with Crippen LogP contribution in [-0.4, -0.2) is 14.8 Å². The van der Waals surface area contributed by atoms with E-state index in [4.69, 9.17) is 0 Å². The fourth-order valence-electron chi connectivity index (χ4n) is 9.92. The lowest BCUT2D eigenvalue weighted by atomic mass is 9.36. The standard InChI is InChI=1S/C52H61BN2SSi/c1-32-27-43-46-44(28-32)55(36-20-22-37(23-21-36)57(12,13)14)47-38-30-39-40(52(10,11)26-25-51(39,8)9)31-45(38)56-48(47)53(46)41-29-34(50(5,6)7)17-24-42(41)54(43)35-18-15-33(16-19-35)49(2,3)4/h15-24,27-31H,25-26H2,1-14H3. The Hall–Kier alpha value is -4.06. The van der Waals surface area contributed by atoms with Crippen molar-refractivity contribution >= 4 is 91.2 Å². The Morgan fingerprint density at radius 3 is 1.72 bits per heavy atom. The summed E-state index contributed by atoms with van der Waals surface area (Å²) in [5.74, 6) is 0. The van der Waals surface area contributed by atoms with E-state index >= 15 is 0 Å². The van der Waals surface area contributed by atoms with Crippen molar-refractivity contribution in [1.29, 1.82) is 0 Å². The van der Waals surface area contributed by atoms with Gasteiger partial charge in [0.1, 0.15) is 0 Å². The summed E-state index contributed by atoms with van der Waals surface area (Å²) in [5, 5.41) is 2.89. The number of fused-ring (bicyclic) bond motifs is 7. The molecule has 2 aliphatic heterocycles. The summed E-state index contributed by atoms with van der Waals surface area (Å²) >= 11 is 2.05. The maximum Gasteiger partial charge on any atom is 0.264 e. The van der Waals surface area contributed by atoms with Gasteiger partial charge in [0, 0.05) is 43.3 Å². The number of anilines is 6. The van der Waals surface area contributed by atoms with E-state index in [-0.39, 0.29) is 28.4 Å². The van der Waals surface area contributed by atoms with Crippen molar-refractivity contribution in [1.82, 2.24) is 0 Å². The van der Waals surface area contributed by atoms with E-state index in [1.165, 1.54) is 106 Å². The molecule has 3 aliphatic rings. The third kappa shape index (κ3) is 6.08. The number of nitrogens with zero attached hydrogens (tertiary/aromatic N) is 2. The minimum atomic E-state index is -1.50. The Kier molecular flexibility index (Phi) is 8.42. The van der Waals surface area contributed by atoms with Crippen molar-refractivity contribution in [3.05, 3.63) is 119 Å². The fraction of sp³-hybridized carbons (Fsp3) is 0.385. The first kappa shape index (κ1) is 38.5. The number of benzene rings is 5. The topological polar surface area (TPSA) is 6.48 Å². The number of hydrogen-bond donors (Lipinski definition) is 0. The van der Waals surface area contributed by atoms with Crippen LogP contribution >= 0.6 is 11.3 Å². The summed E-state index contributed by atoms with van der Waals surface area (Å²) in [6.07, 6.45) is 2.42. The molecule has 0 radical (unpaired) electrons. The largest absolute Gasteiger partial charge is 0.311 e. The molecule has 1 aromatic heterocycles. The number of hydrogen-bond acceptors (Lipinski definition) is 3. The third-order valence-electron chi connectivity index (χ3n) is 13.6. The molecule has 0 spiro atoms. The predicted octanol–water partition coefficient (Wildman–Crippen LogP) is 12.8. The summed E-state index contributed by atoms with van der Waals surface area (Å²) in [6.45, 7) is 33.6. The molecule has 0 N–H and O–H groups in total. The first-order valence-electron chi connectivity index (χ1n) is 21.3. The van der Waals surface area contributed by atoms with E-state index in [1.54, 1.807) is 0 Å². The molecule has 9 rings (SSSR count). The zero-order valence-corrected chi connectivity index (χ0v) is 38.8. The highest BCUT2D eigenvalue weighted by Crippen LogP contribution is 2.52. The number of rotatable bonds is 3. The first-order valence-corrected chi connectivity index (χ1v) is 25.6. The summed E-state index contributed by atoms with van der Waals surface area (Å²) in [7, 11) is -1.50. The molecule has 2 nitrogen and oxygen atoms in total. The van der Waals surface area contributed by atoms with Gasteiger partial charge in [-0.1, -0.05) is 130 Å². The molecule has 5 aromatic carbocycles. The highest BCUT2D eigenvalue weighted by atomic mass is 32.1. The smallest absolute Gasteiger partial charge is 0.264 e. The molecule has 57 heavy (non-hydrogen) atoms. The Morgan fingerprint density at radius 2 is 1.14 bits per heavy atom. The van der Waals surface area contributed by atoms with Gasteiger partial charge >= 0.3 is 0 Å². The van der Waals surface area contributed by atoms with Crippen molar-refractivity contribution in [2.24, 2.45) is 0 Å². The van der Waals surface area contributed by atoms with Crippen molar-refractivity contribution in [2.75, 3.05) is 9.80 Å². The van der Waals surface area contributed by atoms with Gasteiger partial charge in [0.25, 0.3) is 6.71 Å². The molecule has 292 valence electrons. The van der Waals surface area contributed by atoms with E-state index in [0.29, 0.717) is 0 Å². The zero-order chi connectivity index (χ0) is 40.8. The van der Waals surface area contributed by atoms with E-state index < -0.39 is 8.07 Å². The molecule has 0 atom stereocenters. The Balaban J connectivity index is 1.39. The monoisotopic (exact) mass is 784 g/mol. The predicted molar refractivity (Wildman–Crippen MR) is 256 cm³/mol. The van der Waals surface area contributed by atoms with Crippen LogP contribution in [0.4, 0.5) is 34.1 Å². The quantitative estimate of drug-likeness (QED) is 0.165. The van der Waals surface area contributed by atoms with Crippen molar-refractivity contribution in [3.63, 3.8) is 0 Å².